The van der Waals surface area contributed by atoms with Crippen molar-refractivity contribution in [1.29, 1.82) is 0 Å². The molecule has 0 aromatic carbocycles. The van der Waals surface area contributed by atoms with E-state index in [2.05, 4.69) is 9.97 Å². The van der Waals surface area contributed by atoms with Crippen molar-refractivity contribution >= 4 is 23.5 Å². The van der Waals surface area contributed by atoms with Crippen LogP contribution >= 0.6 is 11.6 Å². The Morgan fingerprint density at radius 1 is 1.53 bits per heavy atom. The van der Waals surface area contributed by atoms with E-state index in [4.69, 9.17) is 16.7 Å². The molecule has 1 aliphatic heterocycles. The fourth-order valence-electron chi connectivity index (χ4n) is 1.89. The number of aryl methyl sites for hydroxylation is 1. The minimum absolute atomic E-state index is 0.243. The number of carboxylic acid groups (broad SMARTS) is 1. The van der Waals surface area contributed by atoms with Crippen molar-refractivity contribution in [1.82, 2.24) is 9.97 Å². The molecule has 2 heterocycles. The minimum atomic E-state index is -0.715. The third-order valence-electron chi connectivity index (χ3n) is 3.02. The molecule has 0 amide bonds. The number of rotatable bonds is 2. The van der Waals surface area contributed by atoms with E-state index >= 15 is 0 Å². The first kappa shape index (κ1) is 12.1. The van der Waals surface area contributed by atoms with Gasteiger partial charge in [0, 0.05) is 24.8 Å². The lowest BCUT2D eigenvalue weighted by molar-refractivity contribution is -0.142. The van der Waals surface area contributed by atoms with E-state index in [1.165, 1.54) is 0 Å². The van der Waals surface area contributed by atoms with E-state index in [-0.39, 0.29) is 5.92 Å². The van der Waals surface area contributed by atoms with Gasteiger partial charge in [-0.1, -0.05) is 11.6 Å². The minimum Gasteiger partial charge on any atom is -0.481 e. The lowest BCUT2D eigenvalue weighted by Gasteiger charge is -2.30. The van der Waals surface area contributed by atoms with Crippen LogP contribution in [0.2, 0.25) is 5.15 Å². The second-order valence-electron chi connectivity index (χ2n) is 4.24. The molecule has 2 rings (SSSR count). The maximum atomic E-state index is 10.8. The van der Waals surface area contributed by atoms with Gasteiger partial charge in [-0.25, -0.2) is 9.97 Å². The molecule has 0 atom stereocenters. The standard InChI is InChI=1S/C11H14ClN3O2/c1-7-6-13-11(14-9(7)12)15-4-2-8(3-5-15)10(16)17/h6,8H,2-5H2,1H3,(H,16,17). The second kappa shape index (κ2) is 4.87. The summed E-state index contributed by atoms with van der Waals surface area (Å²) in [5.41, 5.74) is 0.843. The zero-order valence-corrected chi connectivity index (χ0v) is 10.3. The maximum absolute atomic E-state index is 10.8. The molecule has 1 N–H and O–H groups in total. The Kier molecular flexibility index (Phi) is 3.47. The van der Waals surface area contributed by atoms with Crippen molar-refractivity contribution in [2.24, 2.45) is 5.92 Å². The van der Waals surface area contributed by atoms with Crippen LogP contribution in [0.1, 0.15) is 18.4 Å². The van der Waals surface area contributed by atoms with E-state index in [1.807, 2.05) is 11.8 Å². The summed E-state index contributed by atoms with van der Waals surface area (Å²) in [7, 11) is 0. The Balaban J connectivity index is 2.05. The summed E-state index contributed by atoms with van der Waals surface area (Å²) in [4.78, 5) is 21.2. The highest BCUT2D eigenvalue weighted by Gasteiger charge is 2.25. The largest absolute Gasteiger partial charge is 0.481 e. The van der Waals surface area contributed by atoms with Crippen LogP contribution in [0, 0.1) is 12.8 Å². The van der Waals surface area contributed by atoms with Crippen molar-refractivity contribution in [2.75, 3.05) is 18.0 Å². The van der Waals surface area contributed by atoms with Gasteiger partial charge in [0.2, 0.25) is 5.95 Å². The summed E-state index contributed by atoms with van der Waals surface area (Å²) in [6.07, 6.45) is 2.95. The van der Waals surface area contributed by atoms with Gasteiger partial charge in [-0.2, -0.15) is 0 Å². The molecule has 0 unspecified atom stereocenters. The summed E-state index contributed by atoms with van der Waals surface area (Å²) < 4.78 is 0. The Labute approximate surface area is 104 Å². The van der Waals surface area contributed by atoms with Gasteiger partial charge in [0.25, 0.3) is 0 Å². The molecule has 0 aliphatic carbocycles. The molecule has 1 fully saturated rings. The normalized spacial score (nSPS) is 17.2. The van der Waals surface area contributed by atoms with E-state index in [0.29, 0.717) is 37.0 Å². The van der Waals surface area contributed by atoms with Crippen molar-refractivity contribution in [3.63, 3.8) is 0 Å². The van der Waals surface area contributed by atoms with Crippen LogP contribution in [-0.4, -0.2) is 34.1 Å². The van der Waals surface area contributed by atoms with Crippen LogP contribution in [0.25, 0.3) is 0 Å². The summed E-state index contributed by atoms with van der Waals surface area (Å²) in [5.74, 6) is -0.371. The third-order valence-corrected chi connectivity index (χ3v) is 3.41. The monoisotopic (exact) mass is 255 g/mol. The van der Waals surface area contributed by atoms with Gasteiger partial charge in [-0.3, -0.25) is 4.79 Å². The Hall–Kier alpha value is -1.36. The summed E-state index contributed by atoms with van der Waals surface area (Å²) in [6, 6.07) is 0. The van der Waals surface area contributed by atoms with Gasteiger partial charge in [-0.15, -0.1) is 0 Å². The first-order chi connectivity index (χ1) is 8.08. The number of aliphatic carboxylic acids is 1. The van der Waals surface area contributed by atoms with Gasteiger partial charge in [0.05, 0.1) is 5.92 Å². The fourth-order valence-corrected chi connectivity index (χ4v) is 2.02. The van der Waals surface area contributed by atoms with Crippen molar-refractivity contribution in [2.45, 2.75) is 19.8 Å². The molecular formula is C11H14ClN3O2. The van der Waals surface area contributed by atoms with E-state index in [9.17, 15) is 4.79 Å². The number of piperidine rings is 1. The van der Waals surface area contributed by atoms with Crippen LogP contribution in [-0.2, 0) is 4.79 Å². The molecular weight excluding hydrogens is 242 g/mol. The number of anilines is 1. The number of nitrogens with zero attached hydrogens (tertiary/aromatic N) is 3. The highest BCUT2D eigenvalue weighted by atomic mass is 35.5. The maximum Gasteiger partial charge on any atom is 0.306 e. The van der Waals surface area contributed by atoms with Crippen molar-refractivity contribution in [3.05, 3.63) is 16.9 Å². The zero-order chi connectivity index (χ0) is 12.4. The van der Waals surface area contributed by atoms with E-state index in [1.54, 1.807) is 6.20 Å². The second-order valence-corrected chi connectivity index (χ2v) is 4.60. The zero-order valence-electron chi connectivity index (χ0n) is 9.56. The summed E-state index contributed by atoms with van der Waals surface area (Å²) >= 11 is 5.94. The van der Waals surface area contributed by atoms with Gasteiger partial charge < -0.3 is 10.0 Å². The molecule has 6 heteroatoms. The van der Waals surface area contributed by atoms with Crippen LogP contribution in [0.15, 0.2) is 6.20 Å². The predicted molar refractivity (Wildman–Crippen MR) is 64.4 cm³/mol. The third kappa shape index (κ3) is 2.66. The van der Waals surface area contributed by atoms with Crippen LogP contribution < -0.4 is 4.90 Å². The highest BCUT2D eigenvalue weighted by Crippen LogP contribution is 2.22. The summed E-state index contributed by atoms with van der Waals surface area (Å²) in [6.45, 7) is 3.18. The van der Waals surface area contributed by atoms with Gasteiger partial charge in [0.1, 0.15) is 5.15 Å². The molecule has 5 nitrogen and oxygen atoms in total. The average Bonchev–Trinajstić information content (AvgIpc) is 2.33. The molecule has 0 bridgehead atoms. The molecule has 0 spiro atoms. The molecule has 17 heavy (non-hydrogen) atoms. The van der Waals surface area contributed by atoms with E-state index in [0.717, 1.165) is 5.56 Å². The molecule has 0 saturated carbocycles. The lowest BCUT2D eigenvalue weighted by atomic mass is 9.97. The molecule has 92 valence electrons. The highest BCUT2D eigenvalue weighted by molar-refractivity contribution is 6.30. The molecule has 1 aromatic rings. The topological polar surface area (TPSA) is 66.3 Å². The number of aromatic nitrogens is 2. The average molecular weight is 256 g/mol. The first-order valence-electron chi connectivity index (χ1n) is 5.55. The number of carbonyl (C=O) groups is 1. The first-order valence-corrected chi connectivity index (χ1v) is 5.92. The molecule has 1 saturated heterocycles. The fraction of sp³-hybridized carbons (Fsp3) is 0.545. The van der Waals surface area contributed by atoms with Crippen LogP contribution in [0.3, 0.4) is 0 Å². The van der Waals surface area contributed by atoms with Crippen LogP contribution in [0.5, 0.6) is 0 Å². The van der Waals surface area contributed by atoms with Gasteiger partial charge >= 0.3 is 5.97 Å². The Bertz CT molecular complexity index is 431. The number of hydrogen-bond acceptors (Lipinski definition) is 4. The number of halogens is 1. The quantitative estimate of drug-likeness (QED) is 0.816. The van der Waals surface area contributed by atoms with E-state index < -0.39 is 5.97 Å². The smallest absolute Gasteiger partial charge is 0.306 e. The molecule has 1 aliphatic rings. The van der Waals surface area contributed by atoms with Crippen molar-refractivity contribution < 1.29 is 9.90 Å². The number of carboxylic acids is 1. The molecule has 0 radical (unpaired) electrons. The van der Waals surface area contributed by atoms with Crippen molar-refractivity contribution in [3.8, 4) is 0 Å². The SMILES string of the molecule is Cc1cnc(N2CCC(C(=O)O)CC2)nc1Cl. The van der Waals surface area contributed by atoms with Crippen LogP contribution in [0.4, 0.5) is 5.95 Å². The molecule has 1 aromatic heterocycles. The predicted octanol–water partition coefficient (Wildman–Crippen LogP) is 1.74. The van der Waals surface area contributed by atoms with Gasteiger partial charge in [0.15, 0.2) is 0 Å². The van der Waals surface area contributed by atoms with Gasteiger partial charge in [-0.05, 0) is 19.8 Å². The number of hydrogen-bond donors (Lipinski definition) is 1. The Morgan fingerprint density at radius 2 is 2.18 bits per heavy atom. The Morgan fingerprint density at radius 3 is 2.71 bits per heavy atom. The summed E-state index contributed by atoms with van der Waals surface area (Å²) in [5, 5.41) is 9.36. The lowest BCUT2D eigenvalue weighted by Crippen LogP contribution is -2.37.